The summed E-state index contributed by atoms with van der Waals surface area (Å²) in [4.78, 5) is 5.45. The van der Waals surface area contributed by atoms with Crippen LogP contribution in [0.5, 0.6) is 0 Å². The first kappa shape index (κ1) is 22.2. The molecule has 0 atom stereocenters. The summed E-state index contributed by atoms with van der Waals surface area (Å²) in [7, 11) is 2.00. The highest BCUT2D eigenvalue weighted by atomic mass is 32.2. The number of fused-ring (bicyclic) bond motifs is 1. The Kier molecular flexibility index (Phi) is 8.17. The van der Waals surface area contributed by atoms with Crippen molar-refractivity contribution in [1.29, 1.82) is 0 Å². The predicted octanol–water partition coefficient (Wildman–Crippen LogP) is 6.30. The molecule has 1 aromatic heterocycles. The number of allylic oxidation sites excluding steroid dienone is 1. The minimum atomic E-state index is 0.546. The lowest BCUT2D eigenvalue weighted by Gasteiger charge is -2.18. The Bertz CT molecular complexity index is 975. The normalized spacial score (nSPS) is 12.2. The SMILES string of the molecule is CNCCC/C(C)=C(\NSc1ccc(C(C)C)cc1)Nc1cccc2cnccc12. The van der Waals surface area contributed by atoms with E-state index in [0.717, 1.165) is 36.3 Å². The zero-order valence-corrected chi connectivity index (χ0v) is 19.1. The molecule has 0 aliphatic heterocycles. The molecule has 5 heteroatoms. The average molecular weight is 421 g/mol. The highest BCUT2D eigenvalue weighted by Crippen LogP contribution is 2.26. The quantitative estimate of drug-likeness (QED) is 0.265. The van der Waals surface area contributed by atoms with Crippen molar-refractivity contribution in [2.45, 2.75) is 44.4 Å². The number of nitrogens with zero attached hydrogens (tertiary/aromatic N) is 1. The Morgan fingerprint density at radius 3 is 2.60 bits per heavy atom. The maximum atomic E-state index is 4.25. The monoisotopic (exact) mass is 420 g/mol. The van der Waals surface area contributed by atoms with Crippen LogP contribution in [0.2, 0.25) is 0 Å². The molecule has 0 radical (unpaired) electrons. The van der Waals surface area contributed by atoms with E-state index < -0.39 is 0 Å². The summed E-state index contributed by atoms with van der Waals surface area (Å²) < 4.78 is 3.57. The van der Waals surface area contributed by atoms with E-state index in [9.17, 15) is 0 Å². The van der Waals surface area contributed by atoms with Crippen LogP contribution < -0.4 is 15.4 Å². The number of aromatic nitrogens is 1. The molecule has 0 amide bonds. The Hall–Kier alpha value is -2.50. The number of anilines is 1. The zero-order valence-electron chi connectivity index (χ0n) is 18.3. The van der Waals surface area contributed by atoms with Gasteiger partial charge >= 0.3 is 0 Å². The first-order valence-electron chi connectivity index (χ1n) is 10.6. The molecule has 0 spiro atoms. The van der Waals surface area contributed by atoms with Crippen LogP contribution in [0.4, 0.5) is 5.69 Å². The van der Waals surface area contributed by atoms with E-state index in [1.807, 2.05) is 19.4 Å². The predicted molar refractivity (Wildman–Crippen MR) is 131 cm³/mol. The van der Waals surface area contributed by atoms with Crippen molar-refractivity contribution in [3.8, 4) is 0 Å². The van der Waals surface area contributed by atoms with Crippen molar-refractivity contribution in [3.63, 3.8) is 0 Å². The largest absolute Gasteiger partial charge is 0.341 e. The fourth-order valence-electron chi connectivity index (χ4n) is 3.27. The summed E-state index contributed by atoms with van der Waals surface area (Å²) in [6.07, 6.45) is 5.87. The fraction of sp³-hybridized carbons (Fsp3) is 0.320. The lowest BCUT2D eigenvalue weighted by molar-refractivity contribution is 0.716. The molecule has 2 aromatic carbocycles. The van der Waals surface area contributed by atoms with Gasteiger partial charge in [0.05, 0.1) is 0 Å². The number of rotatable bonds is 10. The van der Waals surface area contributed by atoms with E-state index in [0.29, 0.717) is 5.92 Å². The number of hydrogen-bond acceptors (Lipinski definition) is 5. The van der Waals surface area contributed by atoms with Crippen molar-refractivity contribution in [3.05, 3.63) is 77.9 Å². The van der Waals surface area contributed by atoms with Crippen LogP contribution in [0.15, 0.2) is 77.2 Å². The highest BCUT2D eigenvalue weighted by molar-refractivity contribution is 7.97. The molecule has 3 aromatic rings. The molecule has 3 rings (SSSR count). The third-order valence-corrected chi connectivity index (χ3v) is 5.98. The summed E-state index contributed by atoms with van der Waals surface area (Å²) in [5, 5.41) is 9.18. The Morgan fingerprint density at radius 1 is 1.07 bits per heavy atom. The van der Waals surface area contributed by atoms with Gasteiger partial charge in [-0.05, 0) is 86.6 Å². The smallest absolute Gasteiger partial charge is 0.112 e. The Labute approximate surface area is 184 Å². The number of nitrogens with one attached hydrogen (secondary N) is 3. The Morgan fingerprint density at radius 2 is 1.87 bits per heavy atom. The van der Waals surface area contributed by atoms with E-state index >= 15 is 0 Å². The van der Waals surface area contributed by atoms with E-state index in [1.165, 1.54) is 21.4 Å². The molecule has 3 N–H and O–H groups in total. The molecular formula is C25H32N4S. The highest BCUT2D eigenvalue weighted by Gasteiger charge is 2.08. The van der Waals surface area contributed by atoms with Crippen LogP contribution >= 0.6 is 11.9 Å². The average Bonchev–Trinajstić information content (AvgIpc) is 2.77. The van der Waals surface area contributed by atoms with Gasteiger partial charge in [-0.2, -0.15) is 0 Å². The van der Waals surface area contributed by atoms with Crippen LogP contribution in [-0.4, -0.2) is 18.6 Å². The van der Waals surface area contributed by atoms with Crippen molar-refractivity contribution >= 4 is 28.4 Å². The topological polar surface area (TPSA) is 49.0 Å². The minimum absolute atomic E-state index is 0.546. The van der Waals surface area contributed by atoms with Gasteiger partial charge in [0, 0.05) is 33.7 Å². The van der Waals surface area contributed by atoms with Crippen molar-refractivity contribution in [2.24, 2.45) is 0 Å². The summed E-state index contributed by atoms with van der Waals surface area (Å²) in [5.41, 5.74) is 3.75. The lowest BCUT2D eigenvalue weighted by Crippen LogP contribution is -2.16. The fourth-order valence-corrected chi connectivity index (χ4v) is 3.99. The second-order valence-electron chi connectivity index (χ2n) is 7.82. The lowest BCUT2D eigenvalue weighted by atomic mass is 10.0. The van der Waals surface area contributed by atoms with Gasteiger partial charge in [0.15, 0.2) is 0 Å². The number of hydrogen-bond donors (Lipinski definition) is 3. The molecule has 4 nitrogen and oxygen atoms in total. The van der Waals surface area contributed by atoms with E-state index in [2.05, 4.69) is 89.6 Å². The van der Waals surface area contributed by atoms with Gasteiger partial charge in [0.2, 0.25) is 0 Å². The van der Waals surface area contributed by atoms with Gasteiger partial charge < -0.3 is 15.4 Å². The third-order valence-electron chi connectivity index (χ3n) is 5.16. The van der Waals surface area contributed by atoms with Gasteiger partial charge in [-0.25, -0.2) is 0 Å². The van der Waals surface area contributed by atoms with Crippen molar-refractivity contribution < 1.29 is 0 Å². The number of pyridine rings is 1. The molecule has 0 aliphatic carbocycles. The molecule has 0 bridgehead atoms. The molecule has 158 valence electrons. The van der Waals surface area contributed by atoms with Crippen molar-refractivity contribution in [2.75, 3.05) is 18.9 Å². The molecule has 0 aliphatic rings. The third kappa shape index (κ3) is 6.00. The van der Waals surface area contributed by atoms with E-state index in [4.69, 9.17) is 0 Å². The molecular weight excluding hydrogens is 388 g/mol. The maximum Gasteiger partial charge on any atom is 0.112 e. The second-order valence-corrected chi connectivity index (χ2v) is 8.70. The van der Waals surface area contributed by atoms with Crippen LogP contribution in [0, 0.1) is 0 Å². The van der Waals surface area contributed by atoms with Gasteiger partial charge in [-0.1, -0.05) is 38.1 Å². The Balaban J connectivity index is 1.80. The molecule has 0 saturated carbocycles. The standard InChI is InChI=1S/C25H32N4S/c1-18(2)20-10-12-22(13-11-20)30-29-25(19(3)7-6-15-26-4)28-24-9-5-8-21-17-27-16-14-23(21)24/h5,8-14,16-18,26,28-29H,6-7,15H2,1-4H3/b25-19-. The van der Waals surface area contributed by atoms with E-state index in [-0.39, 0.29) is 0 Å². The van der Waals surface area contributed by atoms with Crippen LogP contribution in [-0.2, 0) is 0 Å². The van der Waals surface area contributed by atoms with Gasteiger partial charge in [0.1, 0.15) is 5.82 Å². The minimum Gasteiger partial charge on any atom is -0.341 e. The first-order valence-corrected chi connectivity index (χ1v) is 11.4. The summed E-state index contributed by atoms with van der Waals surface area (Å²) in [6, 6.07) is 17.1. The first-order chi connectivity index (χ1) is 14.6. The molecule has 0 unspecified atom stereocenters. The van der Waals surface area contributed by atoms with Gasteiger partial charge in [-0.3, -0.25) is 4.98 Å². The summed E-state index contributed by atoms with van der Waals surface area (Å²) in [6.45, 7) is 7.65. The summed E-state index contributed by atoms with van der Waals surface area (Å²) in [5.74, 6) is 1.60. The molecule has 0 fully saturated rings. The van der Waals surface area contributed by atoms with Crippen LogP contribution in [0.1, 0.15) is 45.1 Å². The molecule has 30 heavy (non-hydrogen) atoms. The van der Waals surface area contributed by atoms with Crippen LogP contribution in [0.25, 0.3) is 10.8 Å². The maximum absolute atomic E-state index is 4.25. The second kappa shape index (κ2) is 11.0. The number of benzene rings is 2. The zero-order chi connectivity index (χ0) is 21.3. The molecule has 1 heterocycles. The van der Waals surface area contributed by atoms with E-state index in [1.54, 1.807) is 11.9 Å². The van der Waals surface area contributed by atoms with Crippen molar-refractivity contribution in [1.82, 2.24) is 15.0 Å². The van der Waals surface area contributed by atoms with Crippen LogP contribution in [0.3, 0.4) is 0 Å². The van der Waals surface area contributed by atoms with Gasteiger partial charge in [0.25, 0.3) is 0 Å². The van der Waals surface area contributed by atoms with Gasteiger partial charge in [-0.15, -0.1) is 0 Å². The summed E-state index contributed by atoms with van der Waals surface area (Å²) >= 11 is 1.64. The molecule has 0 saturated heterocycles.